The maximum absolute atomic E-state index is 13.8. The van der Waals surface area contributed by atoms with E-state index in [2.05, 4.69) is 5.32 Å². The van der Waals surface area contributed by atoms with Crippen LogP contribution in [0.5, 0.6) is 11.5 Å². The zero-order valence-electron chi connectivity index (χ0n) is 22.7. The van der Waals surface area contributed by atoms with Crippen molar-refractivity contribution in [1.82, 2.24) is 10.2 Å². The average Bonchev–Trinajstić information content (AvgIpc) is 2.96. The van der Waals surface area contributed by atoms with Gasteiger partial charge in [0.1, 0.15) is 12.6 Å². The lowest BCUT2D eigenvalue weighted by molar-refractivity contribution is -0.138. The van der Waals surface area contributed by atoms with Crippen LogP contribution < -0.4 is 19.1 Å². The summed E-state index contributed by atoms with van der Waals surface area (Å²) in [6, 6.07) is 21.3. The summed E-state index contributed by atoms with van der Waals surface area (Å²) in [5, 5.41) is 2.75. The lowest BCUT2D eigenvalue weighted by Crippen LogP contribution is -2.52. The summed E-state index contributed by atoms with van der Waals surface area (Å²) in [5.41, 5.74) is 1.21. The molecule has 0 heterocycles. The van der Waals surface area contributed by atoms with Gasteiger partial charge >= 0.3 is 0 Å². The quantitative estimate of drug-likeness (QED) is 0.347. The summed E-state index contributed by atoms with van der Waals surface area (Å²) < 4.78 is 39.4. The fraction of sp³-hybridized carbons (Fsp3) is 0.310. The Morgan fingerprint density at radius 3 is 2.10 bits per heavy atom. The predicted molar refractivity (Wildman–Crippen MR) is 151 cm³/mol. The van der Waals surface area contributed by atoms with Crippen molar-refractivity contribution in [3.63, 3.8) is 0 Å². The number of anilines is 1. The van der Waals surface area contributed by atoms with Crippen molar-refractivity contribution in [2.75, 3.05) is 38.2 Å². The number of sulfonamides is 1. The predicted octanol–water partition coefficient (Wildman–Crippen LogP) is 3.50. The van der Waals surface area contributed by atoms with Crippen molar-refractivity contribution in [1.29, 1.82) is 0 Å². The first-order valence-electron chi connectivity index (χ1n) is 12.6. The van der Waals surface area contributed by atoms with Gasteiger partial charge in [-0.3, -0.25) is 13.9 Å². The van der Waals surface area contributed by atoms with Gasteiger partial charge in [-0.05, 0) is 50.1 Å². The summed E-state index contributed by atoms with van der Waals surface area (Å²) in [6.07, 6.45) is 0.498. The van der Waals surface area contributed by atoms with Crippen LogP contribution in [-0.2, 0) is 26.0 Å². The number of carbonyl (C=O) groups excluding carboxylic acids is 2. The van der Waals surface area contributed by atoms with Gasteiger partial charge in [-0.15, -0.1) is 0 Å². The molecule has 0 aliphatic heterocycles. The number of nitrogens with zero attached hydrogens (tertiary/aromatic N) is 2. The van der Waals surface area contributed by atoms with Crippen molar-refractivity contribution in [2.45, 2.75) is 31.2 Å². The maximum Gasteiger partial charge on any atom is 0.264 e. The van der Waals surface area contributed by atoms with E-state index in [0.717, 1.165) is 9.87 Å². The lowest BCUT2D eigenvalue weighted by Gasteiger charge is -2.32. The first-order valence-corrected chi connectivity index (χ1v) is 14.1. The van der Waals surface area contributed by atoms with Crippen LogP contribution in [-0.4, -0.2) is 65.0 Å². The van der Waals surface area contributed by atoms with E-state index in [0.29, 0.717) is 24.5 Å². The Morgan fingerprint density at radius 2 is 1.51 bits per heavy atom. The molecule has 3 aromatic carbocycles. The lowest BCUT2D eigenvalue weighted by atomic mass is 10.1. The second-order valence-corrected chi connectivity index (χ2v) is 10.6. The highest BCUT2D eigenvalue weighted by atomic mass is 32.2. The number of amides is 2. The Kier molecular flexibility index (Phi) is 10.3. The Bertz CT molecular complexity index is 1350. The molecule has 0 aromatic heterocycles. The first-order chi connectivity index (χ1) is 18.7. The van der Waals surface area contributed by atoms with Crippen molar-refractivity contribution in [2.24, 2.45) is 0 Å². The van der Waals surface area contributed by atoms with E-state index in [-0.39, 0.29) is 23.0 Å². The van der Waals surface area contributed by atoms with E-state index < -0.39 is 28.5 Å². The minimum Gasteiger partial charge on any atom is -0.493 e. The van der Waals surface area contributed by atoms with Crippen LogP contribution in [0.4, 0.5) is 5.69 Å². The molecule has 0 saturated carbocycles. The molecule has 0 aliphatic carbocycles. The number of nitrogens with one attached hydrogen (secondary N) is 1. The molecule has 39 heavy (non-hydrogen) atoms. The van der Waals surface area contributed by atoms with E-state index in [9.17, 15) is 18.0 Å². The standard InChI is InChI=1S/C29H35N3O6S/c1-5-30-29(34)22(2)31(19-18-23-12-8-6-9-13-23)28(33)21-32(39(35,36)25-14-10-7-11-15-25)24-16-17-26(37-3)27(20-24)38-4/h6-17,20,22H,5,18-19,21H2,1-4H3,(H,30,34)/t22-/m1/s1. The molecule has 0 unspecified atom stereocenters. The van der Waals surface area contributed by atoms with Gasteiger partial charge in [0.25, 0.3) is 10.0 Å². The number of likely N-dealkylation sites (N-methyl/N-ethyl adjacent to an activating group) is 1. The molecular weight excluding hydrogens is 518 g/mol. The molecule has 9 nitrogen and oxygen atoms in total. The number of methoxy groups -OCH3 is 2. The largest absolute Gasteiger partial charge is 0.493 e. The van der Waals surface area contributed by atoms with Gasteiger partial charge in [-0.1, -0.05) is 48.5 Å². The van der Waals surface area contributed by atoms with Gasteiger partial charge in [-0.25, -0.2) is 8.42 Å². The number of ether oxygens (including phenoxy) is 2. The smallest absolute Gasteiger partial charge is 0.264 e. The monoisotopic (exact) mass is 553 g/mol. The SMILES string of the molecule is CCNC(=O)[C@@H](C)N(CCc1ccccc1)C(=O)CN(c1ccc(OC)c(OC)c1)S(=O)(=O)c1ccccc1. The Hall–Kier alpha value is -4.05. The topological polar surface area (TPSA) is 105 Å². The molecule has 0 radical (unpaired) electrons. The number of rotatable bonds is 13. The zero-order valence-corrected chi connectivity index (χ0v) is 23.5. The number of hydrogen-bond acceptors (Lipinski definition) is 6. The van der Waals surface area contributed by atoms with Crippen LogP contribution in [0.1, 0.15) is 19.4 Å². The third-order valence-corrected chi connectivity index (χ3v) is 8.06. The molecule has 1 N–H and O–H groups in total. The third-order valence-electron chi connectivity index (χ3n) is 6.27. The summed E-state index contributed by atoms with van der Waals surface area (Å²) in [5.74, 6) is -0.104. The molecule has 0 spiro atoms. The Labute approximate surface area is 230 Å². The highest BCUT2D eigenvalue weighted by Gasteiger charge is 2.32. The molecule has 1 atom stereocenters. The van der Waals surface area contributed by atoms with Crippen molar-refractivity contribution >= 4 is 27.5 Å². The molecule has 10 heteroatoms. The van der Waals surface area contributed by atoms with Gasteiger partial charge in [0.05, 0.1) is 24.8 Å². The van der Waals surface area contributed by atoms with Crippen molar-refractivity contribution in [3.05, 3.63) is 84.4 Å². The van der Waals surface area contributed by atoms with Gasteiger partial charge in [0, 0.05) is 19.2 Å². The fourth-order valence-electron chi connectivity index (χ4n) is 4.12. The molecule has 3 rings (SSSR count). The minimum atomic E-state index is -4.16. The van der Waals surface area contributed by atoms with Crippen LogP contribution in [0.2, 0.25) is 0 Å². The van der Waals surface area contributed by atoms with Crippen molar-refractivity contribution in [3.8, 4) is 11.5 Å². The highest BCUT2D eigenvalue weighted by molar-refractivity contribution is 7.92. The second kappa shape index (κ2) is 13.7. The number of carbonyl (C=O) groups is 2. The van der Waals surface area contributed by atoms with E-state index >= 15 is 0 Å². The van der Waals surface area contributed by atoms with Crippen LogP contribution in [0, 0.1) is 0 Å². The van der Waals surface area contributed by atoms with Crippen LogP contribution in [0.15, 0.2) is 83.8 Å². The highest BCUT2D eigenvalue weighted by Crippen LogP contribution is 2.34. The van der Waals surface area contributed by atoms with Gasteiger partial charge in [0.2, 0.25) is 11.8 Å². The second-order valence-electron chi connectivity index (χ2n) is 8.76. The Balaban J connectivity index is 2.02. The van der Waals surface area contributed by atoms with E-state index in [1.54, 1.807) is 44.2 Å². The van der Waals surface area contributed by atoms with Crippen LogP contribution in [0.25, 0.3) is 0 Å². The summed E-state index contributed by atoms with van der Waals surface area (Å²) >= 11 is 0. The Morgan fingerprint density at radius 1 is 0.897 bits per heavy atom. The van der Waals surface area contributed by atoms with Gasteiger partial charge in [-0.2, -0.15) is 0 Å². The molecule has 0 bridgehead atoms. The van der Waals surface area contributed by atoms with E-state index in [4.69, 9.17) is 9.47 Å². The van der Waals surface area contributed by atoms with Crippen LogP contribution >= 0.6 is 0 Å². The van der Waals surface area contributed by atoms with Gasteiger partial charge in [0.15, 0.2) is 11.5 Å². The molecule has 208 valence electrons. The molecule has 2 amide bonds. The molecule has 3 aromatic rings. The molecular formula is C29H35N3O6S. The average molecular weight is 554 g/mol. The van der Waals surface area contributed by atoms with Crippen LogP contribution in [0.3, 0.4) is 0 Å². The first kappa shape index (κ1) is 29.5. The number of hydrogen-bond donors (Lipinski definition) is 1. The molecule has 0 fully saturated rings. The molecule has 0 saturated heterocycles. The summed E-state index contributed by atoms with van der Waals surface area (Å²) in [4.78, 5) is 28.0. The summed E-state index contributed by atoms with van der Waals surface area (Å²) in [6.45, 7) is 3.55. The maximum atomic E-state index is 13.8. The van der Waals surface area contributed by atoms with E-state index in [1.807, 2.05) is 30.3 Å². The molecule has 0 aliphatic rings. The fourth-order valence-corrected chi connectivity index (χ4v) is 5.55. The third kappa shape index (κ3) is 7.29. The van der Waals surface area contributed by atoms with E-state index in [1.165, 1.54) is 37.3 Å². The minimum absolute atomic E-state index is 0.0280. The van der Waals surface area contributed by atoms with Crippen molar-refractivity contribution < 1.29 is 27.5 Å². The zero-order chi connectivity index (χ0) is 28.4. The number of benzene rings is 3. The van der Waals surface area contributed by atoms with Gasteiger partial charge < -0.3 is 19.7 Å². The summed E-state index contributed by atoms with van der Waals surface area (Å²) in [7, 11) is -1.24. The normalized spacial score (nSPS) is 11.8.